The van der Waals surface area contributed by atoms with Crippen LogP contribution in [0.4, 0.5) is 26.8 Å². The van der Waals surface area contributed by atoms with Crippen LogP contribution in [-0.2, 0) is 9.47 Å². The van der Waals surface area contributed by atoms with Crippen molar-refractivity contribution in [2.45, 2.75) is 45.3 Å². The molecule has 6 rings (SSSR count). The van der Waals surface area contributed by atoms with Gasteiger partial charge < -0.3 is 34.5 Å². The number of morpholine rings is 1. The summed E-state index contributed by atoms with van der Waals surface area (Å²) in [5, 5.41) is 6.62. The number of amides is 3. The monoisotopic (exact) mass is 598 g/mol. The van der Waals surface area contributed by atoms with Crippen LogP contribution in [0.25, 0.3) is 22.4 Å². The lowest BCUT2D eigenvalue weighted by Crippen LogP contribution is -2.42. The average molecular weight is 599 g/mol. The number of fused-ring (bicyclic) bond motifs is 1. The van der Waals surface area contributed by atoms with Crippen molar-refractivity contribution in [2.75, 3.05) is 54.9 Å². The molecule has 0 atom stereocenters. The van der Waals surface area contributed by atoms with Gasteiger partial charge in [-0.1, -0.05) is 0 Å². The molecule has 0 aliphatic carbocycles. The summed E-state index contributed by atoms with van der Waals surface area (Å²) in [6.45, 7) is 9.69. The van der Waals surface area contributed by atoms with E-state index in [1.54, 1.807) is 29.4 Å². The minimum atomic E-state index is -0.520. The molecule has 5 heterocycles. The molecule has 2 aliphatic heterocycles. The number of likely N-dealkylation sites (tertiary alicyclic amines) is 1. The predicted octanol–water partition coefficient (Wildman–Crippen LogP) is 5.55. The molecule has 0 radical (unpaired) electrons. The van der Waals surface area contributed by atoms with Crippen LogP contribution in [0.1, 0.15) is 39.7 Å². The minimum absolute atomic E-state index is 0.191. The highest BCUT2D eigenvalue weighted by Crippen LogP contribution is 2.34. The number of carbonyl (C=O) groups excluding carboxylic acids is 2. The summed E-state index contributed by atoms with van der Waals surface area (Å²) in [6, 6.07) is 13.0. The normalized spacial score (nSPS) is 16.2. The summed E-state index contributed by atoms with van der Waals surface area (Å²) in [7, 11) is 0. The van der Waals surface area contributed by atoms with Crippen LogP contribution in [0.3, 0.4) is 0 Å². The maximum atomic E-state index is 12.6. The first kappa shape index (κ1) is 29.4. The molecule has 4 aromatic rings. The Morgan fingerprint density at radius 2 is 1.66 bits per heavy atom. The number of nitrogens with zero attached hydrogens (tertiary/aromatic N) is 6. The summed E-state index contributed by atoms with van der Waals surface area (Å²) < 4.78 is 13.4. The highest BCUT2D eigenvalue weighted by atomic mass is 16.6. The molecule has 0 unspecified atom stereocenters. The number of hydrogen-bond acceptors (Lipinski definition) is 8. The van der Waals surface area contributed by atoms with Gasteiger partial charge in [-0.15, -0.1) is 0 Å². The zero-order valence-corrected chi connectivity index (χ0v) is 25.3. The fraction of sp³-hybridized carbons (Fsp3) is 0.406. The molecular formula is C32H38N8O4. The van der Waals surface area contributed by atoms with E-state index in [2.05, 4.69) is 37.3 Å². The van der Waals surface area contributed by atoms with Crippen molar-refractivity contribution >= 4 is 40.4 Å². The van der Waals surface area contributed by atoms with E-state index in [4.69, 9.17) is 19.4 Å². The van der Waals surface area contributed by atoms with Gasteiger partial charge in [0.25, 0.3) is 0 Å². The fourth-order valence-electron chi connectivity index (χ4n) is 5.54. The van der Waals surface area contributed by atoms with Crippen molar-refractivity contribution in [3.05, 3.63) is 61.1 Å². The van der Waals surface area contributed by atoms with Gasteiger partial charge in [-0.25, -0.2) is 19.6 Å². The largest absolute Gasteiger partial charge is 0.444 e. The lowest BCUT2D eigenvalue weighted by Gasteiger charge is -2.34. The highest BCUT2D eigenvalue weighted by molar-refractivity contribution is 5.99. The molecule has 1 aromatic carbocycles. The van der Waals surface area contributed by atoms with E-state index in [0.717, 1.165) is 48.3 Å². The van der Waals surface area contributed by atoms with E-state index in [-0.39, 0.29) is 18.2 Å². The molecule has 44 heavy (non-hydrogen) atoms. The SMILES string of the molecule is CC(C)(C)OC(=O)N1CCC(n2ccc3c(N4CCOCC4)nc(-c4ccc(NC(=O)Nc5cccnc5)cc4)nc32)CC1. The second-order valence-electron chi connectivity index (χ2n) is 12.0. The smallest absolute Gasteiger partial charge is 0.410 e. The molecule has 3 aromatic heterocycles. The first-order valence-corrected chi connectivity index (χ1v) is 15.0. The van der Waals surface area contributed by atoms with E-state index in [0.29, 0.717) is 43.5 Å². The zero-order valence-electron chi connectivity index (χ0n) is 25.3. The lowest BCUT2D eigenvalue weighted by atomic mass is 10.1. The van der Waals surface area contributed by atoms with Crippen molar-refractivity contribution < 1.29 is 19.1 Å². The van der Waals surface area contributed by atoms with Gasteiger partial charge in [0.15, 0.2) is 5.82 Å². The molecule has 12 heteroatoms. The first-order chi connectivity index (χ1) is 21.2. The Morgan fingerprint density at radius 3 is 2.34 bits per heavy atom. The Kier molecular flexibility index (Phi) is 8.34. The molecule has 230 valence electrons. The number of anilines is 3. The molecule has 2 fully saturated rings. The average Bonchev–Trinajstić information content (AvgIpc) is 3.45. The Balaban J connectivity index is 1.24. The third-order valence-corrected chi connectivity index (χ3v) is 7.69. The zero-order chi connectivity index (χ0) is 30.7. The van der Waals surface area contributed by atoms with Crippen LogP contribution in [0.5, 0.6) is 0 Å². The maximum Gasteiger partial charge on any atom is 0.410 e. The number of pyridine rings is 1. The van der Waals surface area contributed by atoms with Gasteiger partial charge in [-0.3, -0.25) is 4.98 Å². The molecule has 2 aliphatic rings. The molecule has 12 nitrogen and oxygen atoms in total. The summed E-state index contributed by atoms with van der Waals surface area (Å²) in [5.41, 5.74) is 2.44. The maximum absolute atomic E-state index is 12.6. The quantitative estimate of drug-likeness (QED) is 0.306. The number of urea groups is 1. The second-order valence-corrected chi connectivity index (χ2v) is 12.0. The number of nitrogens with one attached hydrogen (secondary N) is 2. The van der Waals surface area contributed by atoms with Crippen LogP contribution in [0.2, 0.25) is 0 Å². The number of carbonyl (C=O) groups is 2. The molecule has 2 saturated heterocycles. The molecule has 0 spiro atoms. The molecule has 0 bridgehead atoms. The van der Waals surface area contributed by atoms with E-state index in [1.807, 2.05) is 45.0 Å². The van der Waals surface area contributed by atoms with Crippen molar-refractivity contribution in [3.63, 3.8) is 0 Å². The van der Waals surface area contributed by atoms with Crippen LogP contribution in [-0.4, -0.2) is 81.5 Å². The van der Waals surface area contributed by atoms with Crippen LogP contribution in [0.15, 0.2) is 61.1 Å². The van der Waals surface area contributed by atoms with E-state index < -0.39 is 5.60 Å². The standard InChI is InChI=1S/C32H38N8O4/c1-32(2,3)44-31(42)39-14-10-25(11-15-39)40-16-12-26-28(38-17-19-43-20-18-38)36-27(37-29(26)40)22-6-8-23(9-7-22)34-30(41)35-24-5-4-13-33-21-24/h4-9,12-13,16,21,25H,10-11,14-15,17-20H2,1-3H3,(H2,34,35,41). The summed E-state index contributed by atoms with van der Waals surface area (Å²) in [4.78, 5) is 43.3. The van der Waals surface area contributed by atoms with Gasteiger partial charge in [-0.05, 0) is 76.1 Å². The molecular weight excluding hydrogens is 560 g/mol. The highest BCUT2D eigenvalue weighted by Gasteiger charge is 2.29. The Morgan fingerprint density at radius 1 is 0.932 bits per heavy atom. The Hall–Kier alpha value is -4.71. The predicted molar refractivity (Wildman–Crippen MR) is 169 cm³/mol. The van der Waals surface area contributed by atoms with E-state index >= 15 is 0 Å². The number of ether oxygens (including phenoxy) is 2. The third-order valence-electron chi connectivity index (χ3n) is 7.69. The lowest BCUT2D eigenvalue weighted by molar-refractivity contribution is 0.0189. The molecule has 2 N–H and O–H groups in total. The number of benzene rings is 1. The summed E-state index contributed by atoms with van der Waals surface area (Å²) in [5.74, 6) is 1.49. The van der Waals surface area contributed by atoms with Crippen LogP contribution >= 0.6 is 0 Å². The van der Waals surface area contributed by atoms with Crippen molar-refractivity contribution in [3.8, 4) is 11.4 Å². The second kappa shape index (κ2) is 12.5. The van der Waals surface area contributed by atoms with Crippen LogP contribution in [0, 0.1) is 0 Å². The number of hydrogen-bond donors (Lipinski definition) is 2. The van der Waals surface area contributed by atoms with Gasteiger partial charge >= 0.3 is 12.1 Å². The number of rotatable bonds is 5. The number of aromatic nitrogens is 4. The summed E-state index contributed by atoms with van der Waals surface area (Å²) in [6.07, 6.45) is 6.67. The van der Waals surface area contributed by atoms with Crippen molar-refractivity contribution in [2.24, 2.45) is 0 Å². The van der Waals surface area contributed by atoms with Crippen LogP contribution < -0.4 is 15.5 Å². The Bertz CT molecular complexity index is 1600. The third kappa shape index (κ3) is 6.75. The van der Waals surface area contributed by atoms with Crippen molar-refractivity contribution in [1.82, 2.24) is 24.4 Å². The van der Waals surface area contributed by atoms with E-state index in [1.165, 1.54) is 0 Å². The number of piperidine rings is 1. The van der Waals surface area contributed by atoms with Gasteiger partial charge in [0.05, 0.1) is 30.5 Å². The van der Waals surface area contributed by atoms with Crippen molar-refractivity contribution in [1.29, 1.82) is 0 Å². The minimum Gasteiger partial charge on any atom is -0.444 e. The van der Waals surface area contributed by atoms with Gasteiger partial charge in [0.2, 0.25) is 0 Å². The fourth-order valence-corrected chi connectivity index (χ4v) is 5.54. The molecule has 0 saturated carbocycles. The topological polar surface area (TPSA) is 127 Å². The van der Waals surface area contributed by atoms with Gasteiger partial charge in [-0.2, -0.15) is 0 Å². The van der Waals surface area contributed by atoms with Gasteiger partial charge in [0, 0.05) is 55.9 Å². The first-order valence-electron chi connectivity index (χ1n) is 15.0. The Labute approximate surface area is 256 Å². The van der Waals surface area contributed by atoms with Gasteiger partial charge in [0.1, 0.15) is 17.1 Å². The summed E-state index contributed by atoms with van der Waals surface area (Å²) >= 11 is 0. The van der Waals surface area contributed by atoms with E-state index in [9.17, 15) is 9.59 Å². The molecule has 3 amide bonds.